The minimum Gasteiger partial charge on any atom is -0.325 e. The Kier molecular flexibility index (Phi) is 5.08. The van der Waals surface area contributed by atoms with Gasteiger partial charge in [0.05, 0.1) is 5.69 Å². The maximum Gasteiger partial charge on any atom is 0.226 e. The van der Waals surface area contributed by atoms with Gasteiger partial charge in [-0.15, -0.1) is 0 Å². The molecule has 1 atom stereocenters. The molecule has 3 N–H and O–H groups in total. The first-order chi connectivity index (χ1) is 9.56. The molecule has 0 saturated heterocycles. The molecule has 2 aromatic rings. The lowest BCUT2D eigenvalue weighted by Gasteiger charge is -2.13. The van der Waals surface area contributed by atoms with Crippen LogP contribution in [-0.4, -0.2) is 5.91 Å². The number of anilines is 1. The third kappa shape index (κ3) is 4.01. The largest absolute Gasteiger partial charge is 0.325 e. The maximum absolute atomic E-state index is 13.0. The van der Waals surface area contributed by atoms with Gasteiger partial charge >= 0.3 is 0 Å². The molecule has 0 spiro atoms. The van der Waals surface area contributed by atoms with Crippen molar-refractivity contribution in [3.05, 3.63) is 63.5 Å². The lowest BCUT2D eigenvalue weighted by atomic mass is 10.0. The molecule has 0 bridgehead atoms. The highest BCUT2D eigenvalue weighted by Crippen LogP contribution is 2.20. The summed E-state index contributed by atoms with van der Waals surface area (Å²) in [5.41, 5.74) is 7.50. The molecule has 2 aromatic carbocycles. The Morgan fingerprint density at radius 2 is 1.95 bits per heavy atom. The van der Waals surface area contributed by atoms with Crippen molar-refractivity contribution in [3.63, 3.8) is 0 Å². The summed E-state index contributed by atoms with van der Waals surface area (Å²) < 4.78 is 13.6. The predicted molar refractivity (Wildman–Crippen MR) is 85.7 cm³/mol. The summed E-state index contributed by atoms with van der Waals surface area (Å²) in [6.07, 6.45) is 0.178. The Labute approximate surface area is 130 Å². The number of hydrogen-bond donors (Lipinski definition) is 2. The third-order valence-electron chi connectivity index (χ3n) is 2.84. The van der Waals surface area contributed by atoms with E-state index in [2.05, 4.69) is 5.32 Å². The lowest BCUT2D eigenvalue weighted by Crippen LogP contribution is -2.21. The van der Waals surface area contributed by atoms with Gasteiger partial charge in [0.25, 0.3) is 0 Å². The van der Waals surface area contributed by atoms with Crippen molar-refractivity contribution < 1.29 is 9.18 Å². The molecule has 1 amide bonds. The Morgan fingerprint density at radius 3 is 2.60 bits per heavy atom. The SMILES string of the molecule is NC(CC(=O)Nc1ccc(F)cc1I)c1ccccc1. The Hall–Kier alpha value is -1.47. The van der Waals surface area contributed by atoms with E-state index in [9.17, 15) is 9.18 Å². The molecule has 0 radical (unpaired) electrons. The summed E-state index contributed by atoms with van der Waals surface area (Å²) in [6.45, 7) is 0. The van der Waals surface area contributed by atoms with Crippen LogP contribution in [0.1, 0.15) is 18.0 Å². The summed E-state index contributed by atoms with van der Waals surface area (Å²) in [5.74, 6) is -0.515. The van der Waals surface area contributed by atoms with Crippen LogP contribution in [0.4, 0.5) is 10.1 Å². The number of halogens is 2. The van der Waals surface area contributed by atoms with Gasteiger partial charge < -0.3 is 11.1 Å². The minimum absolute atomic E-state index is 0.178. The number of nitrogens with two attached hydrogens (primary N) is 1. The van der Waals surface area contributed by atoms with Crippen LogP contribution < -0.4 is 11.1 Å². The second-order valence-electron chi connectivity index (χ2n) is 4.39. The van der Waals surface area contributed by atoms with Crippen LogP contribution in [0.25, 0.3) is 0 Å². The number of amides is 1. The van der Waals surface area contributed by atoms with Crippen LogP contribution in [0.5, 0.6) is 0 Å². The van der Waals surface area contributed by atoms with Gasteiger partial charge in [0.1, 0.15) is 5.82 Å². The molecule has 0 fully saturated rings. The van der Waals surface area contributed by atoms with E-state index in [1.165, 1.54) is 12.1 Å². The zero-order valence-electron chi connectivity index (χ0n) is 10.6. The van der Waals surface area contributed by atoms with Crippen LogP contribution in [0, 0.1) is 9.39 Å². The average Bonchev–Trinajstić information content (AvgIpc) is 2.43. The molecular weight excluding hydrogens is 370 g/mol. The second-order valence-corrected chi connectivity index (χ2v) is 5.56. The molecule has 0 aliphatic carbocycles. The zero-order valence-corrected chi connectivity index (χ0v) is 12.8. The first-order valence-corrected chi connectivity index (χ1v) is 7.19. The molecule has 0 aliphatic heterocycles. The Bertz CT molecular complexity index is 604. The van der Waals surface area contributed by atoms with Crippen molar-refractivity contribution in [1.82, 2.24) is 0 Å². The summed E-state index contributed by atoms with van der Waals surface area (Å²) in [7, 11) is 0. The van der Waals surface area contributed by atoms with E-state index in [-0.39, 0.29) is 24.2 Å². The highest BCUT2D eigenvalue weighted by atomic mass is 127. The van der Waals surface area contributed by atoms with Crippen molar-refractivity contribution in [2.45, 2.75) is 12.5 Å². The molecule has 0 saturated carbocycles. The van der Waals surface area contributed by atoms with Crippen molar-refractivity contribution in [2.75, 3.05) is 5.32 Å². The molecule has 5 heteroatoms. The van der Waals surface area contributed by atoms with Crippen molar-refractivity contribution in [1.29, 1.82) is 0 Å². The van der Waals surface area contributed by atoms with Crippen molar-refractivity contribution >= 4 is 34.2 Å². The number of hydrogen-bond acceptors (Lipinski definition) is 2. The smallest absolute Gasteiger partial charge is 0.226 e. The van der Waals surface area contributed by atoms with Crippen LogP contribution in [0.3, 0.4) is 0 Å². The molecule has 20 heavy (non-hydrogen) atoms. The van der Waals surface area contributed by atoms with Crippen LogP contribution in [0.2, 0.25) is 0 Å². The Balaban J connectivity index is 1.99. The van der Waals surface area contributed by atoms with E-state index in [0.717, 1.165) is 5.56 Å². The quantitative estimate of drug-likeness (QED) is 0.794. The highest BCUT2D eigenvalue weighted by Gasteiger charge is 2.12. The molecule has 0 heterocycles. The molecular formula is C15H14FIN2O. The van der Waals surface area contributed by atoms with Gasteiger partial charge in [-0.1, -0.05) is 30.3 Å². The summed E-state index contributed by atoms with van der Waals surface area (Å²) >= 11 is 1.98. The normalized spacial score (nSPS) is 11.9. The van der Waals surface area contributed by atoms with Crippen LogP contribution in [-0.2, 0) is 4.79 Å². The average molecular weight is 384 g/mol. The number of benzene rings is 2. The van der Waals surface area contributed by atoms with E-state index >= 15 is 0 Å². The van der Waals surface area contributed by atoms with E-state index in [1.807, 2.05) is 52.9 Å². The molecule has 3 nitrogen and oxygen atoms in total. The van der Waals surface area contributed by atoms with Gasteiger partial charge in [-0.3, -0.25) is 4.79 Å². The molecule has 1 unspecified atom stereocenters. The minimum atomic E-state index is -0.352. The van der Waals surface area contributed by atoms with E-state index in [1.54, 1.807) is 6.07 Å². The second kappa shape index (κ2) is 6.81. The summed E-state index contributed by atoms with van der Waals surface area (Å²) in [5, 5.41) is 2.74. The zero-order chi connectivity index (χ0) is 14.5. The summed E-state index contributed by atoms with van der Waals surface area (Å²) in [4.78, 5) is 11.9. The van der Waals surface area contributed by atoms with E-state index < -0.39 is 0 Å². The van der Waals surface area contributed by atoms with Gasteiger partial charge in [-0.2, -0.15) is 0 Å². The number of rotatable bonds is 4. The fourth-order valence-electron chi connectivity index (χ4n) is 1.81. The lowest BCUT2D eigenvalue weighted by molar-refractivity contribution is -0.116. The maximum atomic E-state index is 13.0. The van der Waals surface area contributed by atoms with Gasteiger partial charge in [-0.05, 0) is 46.4 Å². The molecule has 104 valence electrons. The van der Waals surface area contributed by atoms with Crippen molar-refractivity contribution in [2.24, 2.45) is 5.73 Å². The van der Waals surface area contributed by atoms with Gasteiger partial charge in [-0.25, -0.2) is 4.39 Å². The fourth-order valence-corrected chi connectivity index (χ4v) is 2.42. The third-order valence-corrected chi connectivity index (χ3v) is 3.73. The molecule has 0 aliphatic rings. The molecule has 0 aromatic heterocycles. The topological polar surface area (TPSA) is 55.1 Å². The van der Waals surface area contributed by atoms with Crippen LogP contribution in [0.15, 0.2) is 48.5 Å². The van der Waals surface area contributed by atoms with Gasteiger partial charge in [0.2, 0.25) is 5.91 Å². The highest BCUT2D eigenvalue weighted by molar-refractivity contribution is 14.1. The predicted octanol–water partition coefficient (Wildman–Crippen LogP) is 3.46. The number of carbonyl (C=O) groups excluding carboxylic acids is 1. The Morgan fingerprint density at radius 1 is 1.25 bits per heavy atom. The molecule has 2 rings (SSSR count). The van der Waals surface area contributed by atoms with Crippen LogP contribution >= 0.6 is 22.6 Å². The first-order valence-electron chi connectivity index (χ1n) is 6.11. The van der Waals surface area contributed by atoms with Crippen molar-refractivity contribution in [3.8, 4) is 0 Å². The van der Waals surface area contributed by atoms with Gasteiger partial charge in [0, 0.05) is 16.0 Å². The number of nitrogens with one attached hydrogen (secondary N) is 1. The monoisotopic (exact) mass is 384 g/mol. The number of carbonyl (C=O) groups is 1. The fraction of sp³-hybridized carbons (Fsp3) is 0.133. The van der Waals surface area contributed by atoms with E-state index in [4.69, 9.17) is 5.73 Å². The standard InChI is InChI=1S/C15H14FIN2O/c16-11-6-7-14(12(17)8-11)19-15(20)9-13(18)10-4-2-1-3-5-10/h1-8,13H,9,18H2,(H,19,20). The van der Waals surface area contributed by atoms with Gasteiger partial charge in [0.15, 0.2) is 0 Å². The first kappa shape index (κ1) is 14.9. The van der Waals surface area contributed by atoms with E-state index in [0.29, 0.717) is 9.26 Å². The summed E-state index contributed by atoms with van der Waals surface area (Å²) in [6, 6.07) is 13.3.